The van der Waals surface area contributed by atoms with Crippen LogP contribution in [0.5, 0.6) is 0 Å². The van der Waals surface area contributed by atoms with Crippen LogP contribution in [0.4, 0.5) is 0 Å². The van der Waals surface area contributed by atoms with E-state index in [0.29, 0.717) is 11.8 Å². The molecule has 0 aromatic heterocycles. The van der Waals surface area contributed by atoms with Gasteiger partial charge in [-0.15, -0.1) is 0 Å². The Morgan fingerprint density at radius 2 is 2.13 bits per heavy atom. The zero-order valence-corrected chi connectivity index (χ0v) is 10.3. The third-order valence-electron chi connectivity index (χ3n) is 3.65. The van der Waals surface area contributed by atoms with Gasteiger partial charge in [0.1, 0.15) is 0 Å². The van der Waals surface area contributed by atoms with E-state index >= 15 is 0 Å². The monoisotopic (exact) mass is 206 g/mol. The van der Waals surface area contributed by atoms with Gasteiger partial charge in [-0.1, -0.05) is 39.0 Å². The molecule has 1 saturated carbocycles. The van der Waals surface area contributed by atoms with E-state index < -0.39 is 0 Å². The molecule has 1 aliphatic rings. The van der Waals surface area contributed by atoms with Gasteiger partial charge in [0.15, 0.2) is 5.78 Å². The molecule has 84 valence electrons. The van der Waals surface area contributed by atoms with Crippen molar-refractivity contribution in [3.63, 3.8) is 0 Å². The van der Waals surface area contributed by atoms with Crippen molar-refractivity contribution in [1.82, 2.24) is 0 Å². The topological polar surface area (TPSA) is 17.1 Å². The van der Waals surface area contributed by atoms with E-state index in [2.05, 4.69) is 27.4 Å². The van der Waals surface area contributed by atoms with Gasteiger partial charge in [0.25, 0.3) is 0 Å². The normalized spacial score (nSPS) is 30.8. The first kappa shape index (κ1) is 12.2. The summed E-state index contributed by atoms with van der Waals surface area (Å²) in [6.45, 7) is 12.5. The number of hydrogen-bond donors (Lipinski definition) is 0. The summed E-state index contributed by atoms with van der Waals surface area (Å²) in [5.74, 6) is 1.11. The molecule has 0 saturated heterocycles. The van der Waals surface area contributed by atoms with Crippen LogP contribution in [-0.2, 0) is 4.79 Å². The van der Waals surface area contributed by atoms with Crippen LogP contribution in [0, 0.1) is 17.3 Å². The van der Waals surface area contributed by atoms with Crippen LogP contribution in [0.2, 0.25) is 0 Å². The summed E-state index contributed by atoms with van der Waals surface area (Å²) in [7, 11) is 0. The van der Waals surface area contributed by atoms with E-state index in [1.54, 1.807) is 13.0 Å². The third-order valence-corrected chi connectivity index (χ3v) is 3.65. The predicted octanol–water partition coefficient (Wildman–Crippen LogP) is 3.76. The number of hydrogen-bond acceptors (Lipinski definition) is 1. The molecule has 15 heavy (non-hydrogen) atoms. The van der Waals surface area contributed by atoms with Crippen molar-refractivity contribution in [2.45, 2.75) is 40.5 Å². The second kappa shape index (κ2) is 4.34. The first-order valence-electron chi connectivity index (χ1n) is 5.72. The largest absolute Gasteiger partial charge is 0.295 e. The Balaban J connectivity index is 2.84. The van der Waals surface area contributed by atoms with Gasteiger partial charge in [0.05, 0.1) is 0 Å². The van der Waals surface area contributed by atoms with Crippen LogP contribution >= 0.6 is 0 Å². The van der Waals surface area contributed by atoms with Crippen LogP contribution in [0.3, 0.4) is 0 Å². The summed E-state index contributed by atoms with van der Waals surface area (Å²) in [5.41, 5.74) is 1.50. The molecule has 1 fully saturated rings. The van der Waals surface area contributed by atoms with Crippen molar-refractivity contribution in [3.8, 4) is 0 Å². The lowest BCUT2D eigenvalue weighted by atomic mass is 9.64. The number of ketones is 1. The minimum atomic E-state index is 0.123. The number of rotatable bonds is 2. The standard InChI is InChI=1S/C14H22O/c1-10-8-9-14(4,5)12(3)13(10)7-6-11(2)15/h6-7,10,13H,3,8-9H2,1-2,4-5H3/b7-6+. The van der Waals surface area contributed by atoms with Gasteiger partial charge in [-0.05, 0) is 37.2 Å². The molecule has 0 aromatic rings. The van der Waals surface area contributed by atoms with Gasteiger partial charge < -0.3 is 0 Å². The van der Waals surface area contributed by atoms with Gasteiger partial charge >= 0.3 is 0 Å². The van der Waals surface area contributed by atoms with Crippen molar-refractivity contribution in [1.29, 1.82) is 0 Å². The fourth-order valence-corrected chi connectivity index (χ4v) is 2.27. The molecule has 1 heteroatoms. The van der Waals surface area contributed by atoms with E-state index in [1.165, 1.54) is 18.4 Å². The van der Waals surface area contributed by atoms with E-state index in [1.807, 2.05) is 6.08 Å². The highest BCUT2D eigenvalue weighted by Gasteiger charge is 2.34. The lowest BCUT2D eigenvalue weighted by molar-refractivity contribution is -0.112. The molecule has 1 rings (SSSR count). The fourth-order valence-electron chi connectivity index (χ4n) is 2.27. The second-order valence-corrected chi connectivity index (χ2v) is 5.42. The first-order chi connectivity index (χ1) is 6.84. The summed E-state index contributed by atoms with van der Waals surface area (Å²) in [4.78, 5) is 10.9. The smallest absolute Gasteiger partial charge is 0.152 e. The van der Waals surface area contributed by atoms with Gasteiger partial charge in [0, 0.05) is 5.92 Å². The van der Waals surface area contributed by atoms with E-state index in [0.717, 1.165) is 0 Å². The van der Waals surface area contributed by atoms with Gasteiger partial charge in [0.2, 0.25) is 0 Å². The zero-order valence-electron chi connectivity index (χ0n) is 10.3. The van der Waals surface area contributed by atoms with Crippen molar-refractivity contribution < 1.29 is 4.79 Å². The zero-order chi connectivity index (χ0) is 11.6. The molecule has 0 N–H and O–H groups in total. The molecule has 0 aromatic carbocycles. The fraction of sp³-hybridized carbons (Fsp3) is 0.643. The maximum Gasteiger partial charge on any atom is 0.152 e. The Bertz CT molecular complexity index is 296. The van der Waals surface area contributed by atoms with Gasteiger partial charge in [-0.2, -0.15) is 0 Å². The Morgan fingerprint density at radius 3 is 2.67 bits per heavy atom. The number of carbonyl (C=O) groups excluding carboxylic acids is 1. The first-order valence-corrected chi connectivity index (χ1v) is 5.72. The maximum atomic E-state index is 10.9. The van der Waals surface area contributed by atoms with E-state index in [-0.39, 0.29) is 11.2 Å². The molecular weight excluding hydrogens is 184 g/mol. The Morgan fingerprint density at radius 1 is 1.53 bits per heavy atom. The molecule has 2 atom stereocenters. The average Bonchev–Trinajstić information content (AvgIpc) is 2.12. The van der Waals surface area contributed by atoms with Crippen molar-refractivity contribution in [2.24, 2.45) is 17.3 Å². The lowest BCUT2D eigenvalue weighted by Crippen LogP contribution is -2.30. The van der Waals surface area contributed by atoms with Crippen molar-refractivity contribution in [2.75, 3.05) is 0 Å². The van der Waals surface area contributed by atoms with Gasteiger partial charge in [-0.25, -0.2) is 0 Å². The summed E-state index contributed by atoms with van der Waals surface area (Å²) in [6.07, 6.45) is 6.15. The molecule has 1 nitrogen and oxygen atoms in total. The highest BCUT2D eigenvalue weighted by molar-refractivity contribution is 5.87. The predicted molar refractivity (Wildman–Crippen MR) is 64.6 cm³/mol. The molecule has 0 amide bonds. The van der Waals surface area contributed by atoms with Crippen molar-refractivity contribution >= 4 is 5.78 Å². The SMILES string of the molecule is C=C1C(/C=C/C(C)=O)C(C)CCC1(C)C. The minimum absolute atomic E-state index is 0.123. The summed E-state index contributed by atoms with van der Waals surface area (Å²) < 4.78 is 0. The summed E-state index contributed by atoms with van der Waals surface area (Å²) >= 11 is 0. The Labute approximate surface area is 93.3 Å². The van der Waals surface area contributed by atoms with Gasteiger partial charge in [-0.3, -0.25) is 4.79 Å². The van der Waals surface area contributed by atoms with Crippen LogP contribution in [0.25, 0.3) is 0 Å². The number of allylic oxidation sites excluding steroid dienone is 3. The molecule has 2 unspecified atom stereocenters. The Kier molecular flexibility index (Phi) is 3.54. The van der Waals surface area contributed by atoms with Crippen molar-refractivity contribution in [3.05, 3.63) is 24.3 Å². The molecule has 0 heterocycles. The lowest BCUT2D eigenvalue weighted by Gasteiger charge is -2.40. The van der Waals surface area contributed by atoms with E-state index in [9.17, 15) is 4.79 Å². The van der Waals surface area contributed by atoms with Crippen LogP contribution in [-0.4, -0.2) is 5.78 Å². The van der Waals surface area contributed by atoms with Crippen LogP contribution in [0.1, 0.15) is 40.5 Å². The molecular formula is C14H22O. The number of carbonyl (C=O) groups is 1. The van der Waals surface area contributed by atoms with E-state index in [4.69, 9.17) is 0 Å². The third kappa shape index (κ3) is 2.80. The molecule has 0 radical (unpaired) electrons. The second-order valence-electron chi connectivity index (χ2n) is 5.42. The Hall–Kier alpha value is -0.850. The molecule has 1 aliphatic carbocycles. The molecule has 0 aliphatic heterocycles. The average molecular weight is 206 g/mol. The highest BCUT2D eigenvalue weighted by Crippen LogP contribution is 2.45. The highest BCUT2D eigenvalue weighted by atomic mass is 16.1. The molecule has 0 bridgehead atoms. The maximum absolute atomic E-state index is 10.9. The quantitative estimate of drug-likeness (QED) is 0.496. The summed E-state index contributed by atoms with van der Waals surface area (Å²) in [5, 5.41) is 0. The summed E-state index contributed by atoms with van der Waals surface area (Å²) in [6, 6.07) is 0. The minimum Gasteiger partial charge on any atom is -0.295 e. The molecule has 0 spiro atoms. The van der Waals surface area contributed by atoms with Crippen LogP contribution in [0.15, 0.2) is 24.3 Å². The van der Waals surface area contributed by atoms with Crippen LogP contribution < -0.4 is 0 Å².